The van der Waals surface area contributed by atoms with Crippen molar-refractivity contribution in [3.05, 3.63) is 34.3 Å². The van der Waals surface area contributed by atoms with Crippen LogP contribution in [-0.2, 0) is 4.79 Å². The quantitative estimate of drug-likeness (QED) is 0.622. The Morgan fingerprint density at radius 3 is 2.55 bits per heavy atom. The summed E-state index contributed by atoms with van der Waals surface area (Å²) in [6.07, 6.45) is 6.43. The van der Waals surface area contributed by atoms with Crippen molar-refractivity contribution < 1.29 is 4.79 Å². The van der Waals surface area contributed by atoms with Crippen LogP contribution in [0.3, 0.4) is 0 Å². The topological polar surface area (TPSA) is 41.5 Å². The SMILES string of the molecule is C/C(=N/NC(=O)[C@@H]1CC1(C1CC1)C1CC1)c1cccc(Br)c1. The Labute approximate surface area is 139 Å². The third kappa shape index (κ3) is 2.51. The molecule has 0 saturated heterocycles. The van der Waals surface area contributed by atoms with Crippen molar-refractivity contribution >= 4 is 27.5 Å². The van der Waals surface area contributed by atoms with Gasteiger partial charge in [-0.15, -0.1) is 0 Å². The first kappa shape index (κ1) is 14.4. The highest BCUT2D eigenvalue weighted by Gasteiger charge is 2.70. The fraction of sp³-hybridized carbons (Fsp3) is 0.556. The van der Waals surface area contributed by atoms with Crippen LogP contribution in [0.1, 0.15) is 44.6 Å². The monoisotopic (exact) mass is 360 g/mol. The molecule has 1 aromatic carbocycles. The minimum Gasteiger partial charge on any atom is -0.273 e. The van der Waals surface area contributed by atoms with E-state index in [0.29, 0.717) is 5.41 Å². The average Bonchev–Trinajstić information content (AvgIpc) is 3.38. The normalized spacial score (nSPS) is 26.6. The number of amides is 1. The van der Waals surface area contributed by atoms with Crippen LogP contribution < -0.4 is 5.43 Å². The van der Waals surface area contributed by atoms with Gasteiger partial charge in [-0.3, -0.25) is 4.79 Å². The van der Waals surface area contributed by atoms with Crippen LogP contribution in [0.15, 0.2) is 33.8 Å². The van der Waals surface area contributed by atoms with Crippen LogP contribution >= 0.6 is 15.9 Å². The molecule has 0 unspecified atom stereocenters. The van der Waals surface area contributed by atoms with Crippen molar-refractivity contribution in [3.63, 3.8) is 0 Å². The minimum absolute atomic E-state index is 0.133. The zero-order valence-corrected chi connectivity index (χ0v) is 14.4. The molecule has 0 heterocycles. The lowest BCUT2D eigenvalue weighted by molar-refractivity contribution is -0.123. The molecule has 0 aromatic heterocycles. The summed E-state index contributed by atoms with van der Waals surface area (Å²) in [5.74, 6) is 2.00. The van der Waals surface area contributed by atoms with Gasteiger partial charge in [-0.05, 0) is 74.0 Å². The minimum atomic E-state index is 0.133. The molecule has 4 rings (SSSR count). The Bertz CT molecular complexity index is 634. The lowest BCUT2D eigenvalue weighted by Gasteiger charge is -2.14. The summed E-state index contributed by atoms with van der Waals surface area (Å²) in [6, 6.07) is 7.98. The zero-order chi connectivity index (χ0) is 15.3. The molecule has 0 radical (unpaired) electrons. The zero-order valence-electron chi connectivity index (χ0n) is 12.8. The van der Waals surface area contributed by atoms with Crippen LogP contribution in [0, 0.1) is 23.2 Å². The van der Waals surface area contributed by atoms with Gasteiger partial charge in [-0.1, -0.05) is 28.1 Å². The number of carbonyl (C=O) groups is 1. The number of halogens is 1. The first-order valence-corrected chi connectivity index (χ1v) is 9.00. The largest absolute Gasteiger partial charge is 0.273 e. The fourth-order valence-corrected chi connectivity index (χ4v) is 4.50. The van der Waals surface area contributed by atoms with E-state index in [1.165, 1.54) is 25.7 Å². The smallest absolute Gasteiger partial charge is 0.243 e. The molecular formula is C18H21BrN2O. The van der Waals surface area contributed by atoms with Crippen molar-refractivity contribution in [2.45, 2.75) is 39.0 Å². The van der Waals surface area contributed by atoms with Crippen molar-refractivity contribution in [2.75, 3.05) is 0 Å². The van der Waals surface area contributed by atoms with Gasteiger partial charge in [0.05, 0.1) is 5.71 Å². The predicted octanol–water partition coefficient (Wildman–Crippen LogP) is 4.12. The van der Waals surface area contributed by atoms with E-state index in [-0.39, 0.29) is 11.8 Å². The number of nitrogens with zero attached hydrogens (tertiary/aromatic N) is 1. The van der Waals surface area contributed by atoms with E-state index in [4.69, 9.17) is 0 Å². The summed E-state index contributed by atoms with van der Waals surface area (Å²) in [7, 11) is 0. The van der Waals surface area contributed by atoms with Crippen molar-refractivity contribution in [1.82, 2.24) is 5.43 Å². The maximum absolute atomic E-state index is 12.5. The maximum atomic E-state index is 12.5. The standard InChI is InChI=1S/C18H21BrN2O/c1-11(12-3-2-4-15(19)9-12)20-21-17(22)16-10-18(16,13-5-6-13)14-7-8-14/h2-4,9,13-14,16H,5-8,10H2,1H3,(H,21,22)/b20-11-/t16-/m0/s1. The van der Waals surface area contributed by atoms with Gasteiger partial charge in [-0.25, -0.2) is 5.43 Å². The second kappa shape index (κ2) is 5.19. The van der Waals surface area contributed by atoms with Gasteiger partial charge >= 0.3 is 0 Å². The summed E-state index contributed by atoms with van der Waals surface area (Å²) in [4.78, 5) is 12.5. The lowest BCUT2D eigenvalue weighted by atomic mass is 9.91. The lowest BCUT2D eigenvalue weighted by Crippen LogP contribution is -2.25. The summed E-state index contributed by atoms with van der Waals surface area (Å²) < 4.78 is 1.02. The number of rotatable bonds is 5. The Kier molecular flexibility index (Phi) is 3.40. The molecule has 3 nitrogen and oxygen atoms in total. The second-order valence-electron chi connectivity index (χ2n) is 7.10. The van der Waals surface area contributed by atoms with E-state index in [1.807, 2.05) is 31.2 Å². The molecule has 1 N–H and O–H groups in total. The first-order valence-electron chi connectivity index (χ1n) is 8.21. The number of hydrogen-bond donors (Lipinski definition) is 1. The van der Waals surface area contributed by atoms with Gasteiger partial charge < -0.3 is 0 Å². The Morgan fingerprint density at radius 1 is 1.27 bits per heavy atom. The molecule has 1 amide bonds. The molecule has 4 heteroatoms. The Morgan fingerprint density at radius 2 is 1.95 bits per heavy atom. The van der Waals surface area contributed by atoms with Crippen LogP contribution in [0.4, 0.5) is 0 Å². The van der Waals surface area contributed by atoms with E-state index in [0.717, 1.165) is 34.0 Å². The number of carbonyl (C=O) groups excluding carboxylic acids is 1. The number of hydrazone groups is 1. The van der Waals surface area contributed by atoms with Crippen molar-refractivity contribution in [2.24, 2.45) is 28.3 Å². The third-order valence-electron chi connectivity index (χ3n) is 5.61. The van der Waals surface area contributed by atoms with E-state index in [2.05, 4.69) is 26.5 Å². The molecule has 3 aliphatic rings. The molecule has 1 atom stereocenters. The predicted molar refractivity (Wildman–Crippen MR) is 90.5 cm³/mol. The fourth-order valence-electron chi connectivity index (χ4n) is 4.10. The molecule has 3 fully saturated rings. The summed E-state index contributed by atoms with van der Waals surface area (Å²) in [6.45, 7) is 1.93. The second-order valence-corrected chi connectivity index (χ2v) is 8.02. The van der Waals surface area contributed by atoms with E-state index >= 15 is 0 Å². The van der Waals surface area contributed by atoms with Gasteiger partial charge in [0.1, 0.15) is 0 Å². The Hall–Kier alpha value is -1.16. The molecule has 0 aliphatic heterocycles. The summed E-state index contributed by atoms with van der Waals surface area (Å²) in [5.41, 5.74) is 5.06. The van der Waals surface area contributed by atoms with Crippen LogP contribution in [0.2, 0.25) is 0 Å². The van der Waals surface area contributed by atoms with Gasteiger partial charge in [0.2, 0.25) is 5.91 Å². The average molecular weight is 361 g/mol. The van der Waals surface area contributed by atoms with Gasteiger partial charge in [-0.2, -0.15) is 5.10 Å². The Balaban J connectivity index is 1.41. The molecule has 3 saturated carbocycles. The van der Waals surface area contributed by atoms with Crippen LogP contribution in [0.5, 0.6) is 0 Å². The van der Waals surface area contributed by atoms with Gasteiger partial charge in [0.25, 0.3) is 0 Å². The highest BCUT2D eigenvalue weighted by Crippen LogP contribution is 2.74. The van der Waals surface area contributed by atoms with Crippen LogP contribution in [-0.4, -0.2) is 11.6 Å². The number of nitrogens with one attached hydrogen (secondary N) is 1. The molecule has 22 heavy (non-hydrogen) atoms. The number of hydrogen-bond acceptors (Lipinski definition) is 2. The van der Waals surface area contributed by atoms with E-state index < -0.39 is 0 Å². The molecular weight excluding hydrogens is 340 g/mol. The first-order chi connectivity index (χ1) is 10.6. The summed E-state index contributed by atoms with van der Waals surface area (Å²) >= 11 is 3.46. The number of benzene rings is 1. The maximum Gasteiger partial charge on any atom is 0.243 e. The van der Waals surface area contributed by atoms with Gasteiger partial charge in [0.15, 0.2) is 0 Å². The molecule has 0 bridgehead atoms. The van der Waals surface area contributed by atoms with Gasteiger partial charge in [0, 0.05) is 10.4 Å². The molecule has 1 aromatic rings. The van der Waals surface area contributed by atoms with Crippen LogP contribution in [0.25, 0.3) is 0 Å². The third-order valence-corrected chi connectivity index (χ3v) is 6.11. The summed E-state index contributed by atoms with van der Waals surface area (Å²) in [5, 5.41) is 4.32. The van der Waals surface area contributed by atoms with E-state index in [1.54, 1.807) is 0 Å². The van der Waals surface area contributed by atoms with Crippen molar-refractivity contribution in [3.8, 4) is 0 Å². The highest BCUT2D eigenvalue weighted by molar-refractivity contribution is 9.10. The van der Waals surface area contributed by atoms with Crippen molar-refractivity contribution in [1.29, 1.82) is 0 Å². The molecule has 116 valence electrons. The van der Waals surface area contributed by atoms with E-state index in [9.17, 15) is 4.79 Å². The molecule has 0 spiro atoms. The molecule has 3 aliphatic carbocycles. The highest BCUT2D eigenvalue weighted by atomic mass is 79.9.